The first kappa shape index (κ1) is 19.7. The Bertz CT molecular complexity index is 864. The highest BCUT2D eigenvalue weighted by molar-refractivity contribution is 7.90. The van der Waals surface area contributed by atoms with E-state index in [2.05, 4.69) is 19.0 Å². The van der Waals surface area contributed by atoms with Gasteiger partial charge in [0.1, 0.15) is 5.54 Å². The van der Waals surface area contributed by atoms with E-state index in [9.17, 15) is 13.2 Å². The van der Waals surface area contributed by atoms with Gasteiger partial charge < -0.3 is 10.6 Å². The zero-order valence-electron chi connectivity index (χ0n) is 16.6. The molecule has 7 nitrogen and oxygen atoms in total. The predicted octanol–water partition coefficient (Wildman–Crippen LogP) is 1.26. The van der Waals surface area contributed by atoms with E-state index >= 15 is 0 Å². The molecule has 1 amide bonds. The van der Waals surface area contributed by atoms with Gasteiger partial charge in [-0.05, 0) is 82.3 Å². The van der Waals surface area contributed by atoms with Crippen molar-refractivity contribution in [1.29, 1.82) is 0 Å². The van der Waals surface area contributed by atoms with Gasteiger partial charge in [0.2, 0.25) is 5.91 Å². The number of nitrogens with two attached hydrogens (primary N) is 1. The van der Waals surface area contributed by atoms with E-state index in [1.807, 2.05) is 24.3 Å². The number of amides is 1. The van der Waals surface area contributed by atoms with Crippen LogP contribution in [0.4, 0.5) is 5.69 Å². The third-order valence-electron chi connectivity index (χ3n) is 6.52. The van der Waals surface area contributed by atoms with E-state index in [-0.39, 0.29) is 12.0 Å². The van der Waals surface area contributed by atoms with Crippen molar-refractivity contribution < 1.29 is 13.2 Å². The monoisotopic (exact) mass is 405 g/mol. The normalized spacial score (nSPS) is 28.3. The van der Waals surface area contributed by atoms with Gasteiger partial charge >= 0.3 is 10.2 Å². The van der Waals surface area contributed by atoms with Gasteiger partial charge in [-0.25, -0.2) is 0 Å². The SMILES string of the molecule is CN(C)CCC1(c2ccc(N3C[C@@]4(C(N)=O)[CH]CCCN4S3(=O)=O)cc2)CC1. The van der Waals surface area contributed by atoms with E-state index in [4.69, 9.17) is 5.73 Å². The number of hydrogen-bond acceptors (Lipinski definition) is 4. The summed E-state index contributed by atoms with van der Waals surface area (Å²) in [4.78, 5) is 14.4. The fraction of sp³-hybridized carbons (Fsp3) is 0.600. The predicted molar refractivity (Wildman–Crippen MR) is 109 cm³/mol. The standard InChI is InChI=1S/C20H29N4O3S/c1-22(2)14-12-19(10-11-19)16-5-7-17(8-6-16)23-15-20(18(21)25)9-3-4-13-24(20)28(23,26)27/h5-9H,3-4,10-15H2,1-2H3,(H2,21,25)/t20-/m1/s1. The van der Waals surface area contributed by atoms with Crippen molar-refractivity contribution in [3.63, 3.8) is 0 Å². The molecule has 0 bridgehead atoms. The molecule has 2 aliphatic heterocycles. The molecule has 1 atom stereocenters. The second-order valence-electron chi connectivity index (χ2n) is 8.60. The number of hydrogen-bond donors (Lipinski definition) is 1. The maximum Gasteiger partial charge on any atom is 0.305 e. The van der Waals surface area contributed by atoms with Crippen molar-refractivity contribution in [2.45, 2.75) is 43.1 Å². The van der Waals surface area contributed by atoms with E-state index in [1.165, 1.54) is 27.0 Å². The smallest absolute Gasteiger partial charge is 0.305 e. The number of carbonyl (C=O) groups excluding carboxylic acids is 1. The molecular weight excluding hydrogens is 376 g/mol. The van der Waals surface area contributed by atoms with Crippen LogP contribution >= 0.6 is 0 Å². The lowest BCUT2D eigenvalue weighted by atomic mass is 9.88. The largest absolute Gasteiger partial charge is 0.368 e. The van der Waals surface area contributed by atoms with Crippen molar-refractivity contribution in [3.8, 4) is 0 Å². The topological polar surface area (TPSA) is 86.9 Å². The molecule has 2 heterocycles. The molecule has 8 heteroatoms. The van der Waals surface area contributed by atoms with Gasteiger partial charge in [-0.15, -0.1) is 0 Å². The van der Waals surface area contributed by atoms with Crippen LogP contribution in [0, 0.1) is 6.42 Å². The van der Waals surface area contributed by atoms with Crippen LogP contribution in [0.15, 0.2) is 24.3 Å². The average molecular weight is 406 g/mol. The first-order chi connectivity index (χ1) is 13.2. The zero-order valence-corrected chi connectivity index (χ0v) is 17.4. The molecule has 1 aromatic rings. The molecule has 2 N–H and O–H groups in total. The van der Waals surface area contributed by atoms with Crippen molar-refractivity contribution >= 4 is 21.8 Å². The van der Waals surface area contributed by atoms with Crippen molar-refractivity contribution in [1.82, 2.24) is 9.21 Å². The Labute approximate surface area is 167 Å². The van der Waals surface area contributed by atoms with Crippen LogP contribution in [0.1, 0.15) is 37.7 Å². The van der Waals surface area contributed by atoms with Gasteiger partial charge in [0.05, 0.1) is 12.2 Å². The molecule has 1 radical (unpaired) electrons. The highest BCUT2D eigenvalue weighted by Gasteiger charge is 2.59. The van der Waals surface area contributed by atoms with Crippen molar-refractivity contribution in [2.75, 3.05) is 38.0 Å². The Morgan fingerprint density at radius 2 is 1.89 bits per heavy atom. The van der Waals surface area contributed by atoms with Gasteiger partial charge in [-0.2, -0.15) is 12.7 Å². The van der Waals surface area contributed by atoms with Crippen LogP contribution < -0.4 is 10.0 Å². The summed E-state index contributed by atoms with van der Waals surface area (Å²) in [6.45, 7) is 1.41. The van der Waals surface area contributed by atoms with Gasteiger partial charge in [-0.3, -0.25) is 9.10 Å². The average Bonchev–Trinajstić information content (AvgIpc) is 3.41. The Morgan fingerprint density at radius 3 is 2.43 bits per heavy atom. The van der Waals surface area contributed by atoms with Gasteiger partial charge in [-0.1, -0.05) is 12.1 Å². The summed E-state index contributed by atoms with van der Waals surface area (Å²) in [5.41, 5.74) is 6.50. The lowest BCUT2D eigenvalue weighted by Crippen LogP contribution is -2.59. The van der Waals surface area contributed by atoms with E-state index in [1.54, 1.807) is 6.42 Å². The number of anilines is 1. The van der Waals surface area contributed by atoms with Crippen LogP contribution in [0.3, 0.4) is 0 Å². The Morgan fingerprint density at radius 1 is 1.21 bits per heavy atom. The minimum Gasteiger partial charge on any atom is -0.368 e. The summed E-state index contributed by atoms with van der Waals surface area (Å²) >= 11 is 0. The van der Waals surface area contributed by atoms with Gasteiger partial charge in [0, 0.05) is 6.54 Å². The van der Waals surface area contributed by atoms with E-state index in [0.29, 0.717) is 25.1 Å². The summed E-state index contributed by atoms with van der Waals surface area (Å²) in [5.74, 6) is -0.601. The molecule has 3 fully saturated rings. The summed E-state index contributed by atoms with van der Waals surface area (Å²) < 4.78 is 28.9. The molecule has 28 heavy (non-hydrogen) atoms. The number of primary amides is 1. The molecule has 0 aromatic heterocycles. The zero-order chi connectivity index (χ0) is 20.2. The Kier molecular flexibility index (Phi) is 4.71. The van der Waals surface area contributed by atoms with Crippen LogP contribution in [-0.4, -0.2) is 62.8 Å². The molecule has 2 saturated heterocycles. The quantitative estimate of drug-likeness (QED) is 0.772. The molecule has 1 aliphatic carbocycles. The first-order valence-electron chi connectivity index (χ1n) is 9.91. The second kappa shape index (κ2) is 6.71. The van der Waals surface area contributed by atoms with E-state index in [0.717, 1.165) is 13.0 Å². The van der Waals surface area contributed by atoms with Crippen LogP contribution in [0.25, 0.3) is 0 Å². The number of nitrogens with zero attached hydrogens (tertiary/aromatic N) is 3. The third-order valence-corrected chi connectivity index (χ3v) is 8.48. The minimum atomic E-state index is -3.77. The number of rotatable bonds is 6. The third kappa shape index (κ3) is 3.02. The molecule has 3 aliphatic rings. The molecule has 1 aromatic carbocycles. The molecular formula is C20H29N4O3S. The highest BCUT2D eigenvalue weighted by atomic mass is 32.2. The van der Waals surface area contributed by atoms with Crippen molar-refractivity contribution in [2.24, 2.45) is 5.73 Å². The molecule has 0 spiro atoms. The molecule has 1 saturated carbocycles. The fourth-order valence-corrected chi connectivity index (χ4v) is 6.52. The molecule has 0 unspecified atom stereocenters. The van der Waals surface area contributed by atoms with Crippen LogP contribution in [0.2, 0.25) is 0 Å². The van der Waals surface area contributed by atoms with E-state index < -0.39 is 21.7 Å². The molecule has 153 valence electrons. The first-order valence-corrected chi connectivity index (χ1v) is 11.3. The fourth-order valence-electron chi connectivity index (χ4n) is 4.54. The Hall–Kier alpha value is -1.64. The second-order valence-corrected chi connectivity index (χ2v) is 10.4. The summed E-state index contributed by atoms with van der Waals surface area (Å²) in [6.07, 6.45) is 6.62. The van der Waals surface area contributed by atoms with Gasteiger partial charge in [0.15, 0.2) is 0 Å². The number of carbonyl (C=O) groups is 1. The lowest BCUT2D eigenvalue weighted by Gasteiger charge is -2.35. The van der Waals surface area contributed by atoms with Crippen LogP contribution in [0.5, 0.6) is 0 Å². The highest BCUT2D eigenvalue weighted by Crippen LogP contribution is 2.51. The van der Waals surface area contributed by atoms with Gasteiger partial charge in [0.25, 0.3) is 0 Å². The molecule has 4 rings (SSSR count). The maximum atomic E-state index is 13.1. The number of benzene rings is 1. The summed E-state index contributed by atoms with van der Waals surface area (Å²) in [6, 6.07) is 7.84. The Balaban J connectivity index is 1.60. The minimum absolute atomic E-state index is 0.0514. The number of piperidine rings is 1. The number of fused-ring (bicyclic) bond motifs is 1. The van der Waals surface area contributed by atoms with Crippen molar-refractivity contribution in [3.05, 3.63) is 36.2 Å². The maximum absolute atomic E-state index is 13.1. The van der Waals surface area contributed by atoms with Crippen LogP contribution in [-0.2, 0) is 20.4 Å². The summed E-state index contributed by atoms with van der Waals surface area (Å²) in [5, 5.41) is 0. The lowest BCUT2D eigenvalue weighted by molar-refractivity contribution is -0.125. The summed E-state index contributed by atoms with van der Waals surface area (Å²) in [7, 11) is 0.392.